The molecule has 0 atom stereocenters. The van der Waals surface area contributed by atoms with Gasteiger partial charge in [0.15, 0.2) is 0 Å². The van der Waals surface area contributed by atoms with E-state index in [1.54, 1.807) is 7.11 Å². The highest BCUT2D eigenvalue weighted by molar-refractivity contribution is 5.28. The van der Waals surface area contributed by atoms with E-state index in [2.05, 4.69) is 4.98 Å². The number of nitrogens with two attached hydrogens (primary N) is 1. The maximum absolute atomic E-state index is 5.41. The van der Waals surface area contributed by atoms with Crippen LogP contribution >= 0.6 is 0 Å². The molecule has 0 aliphatic heterocycles. The second-order valence-electron chi connectivity index (χ2n) is 3.45. The van der Waals surface area contributed by atoms with Crippen molar-refractivity contribution in [2.75, 3.05) is 7.11 Å². The standard InChI is InChI=1S/C12H14N2O3/c1-15-11-4-2-3-9(5-11)7-16-12-14-10(6-13)8-17-12/h2-5,8H,6-7,13H2,1H3. The Labute approximate surface area is 99.2 Å². The van der Waals surface area contributed by atoms with E-state index in [-0.39, 0.29) is 6.08 Å². The smallest absolute Gasteiger partial charge is 0.394 e. The van der Waals surface area contributed by atoms with Crippen molar-refractivity contribution in [3.63, 3.8) is 0 Å². The van der Waals surface area contributed by atoms with Gasteiger partial charge in [0.25, 0.3) is 0 Å². The topological polar surface area (TPSA) is 70.5 Å². The van der Waals surface area contributed by atoms with Crippen LogP contribution in [0.2, 0.25) is 0 Å². The first-order chi connectivity index (χ1) is 8.31. The number of oxazole rings is 1. The quantitative estimate of drug-likeness (QED) is 0.852. The molecule has 5 heteroatoms. The van der Waals surface area contributed by atoms with E-state index in [0.717, 1.165) is 11.3 Å². The third-order valence-electron chi connectivity index (χ3n) is 2.24. The Bertz CT molecular complexity index is 482. The van der Waals surface area contributed by atoms with Crippen molar-refractivity contribution in [3.8, 4) is 11.8 Å². The molecule has 0 saturated carbocycles. The van der Waals surface area contributed by atoms with Gasteiger partial charge >= 0.3 is 6.08 Å². The molecule has 17 heavy (non-hydrogen) atoms. The van der Waals surface area contributed by atoms with Gasteiger partial charge in [0.1, 0.15) is 18.6 Å². The average molecular weight is 234 g/mol. The molecule has 5 nitrogen and oxygen atoms in total. The lowest BCUT2D eigenvalue weighted by molar-refractivity contribution is 0.219. The Balaban J connectivity index is 1.96. The van der Waals surface area contributed by atoms with Gasteiger partial charge in [-0.1, -0.05) is 12.1 Å². The van der Waals surface area contributed by atoms with Crippen molar-refractivity contribution in [1.82, 2.24) is 4.98 Å². The molecule has 0 bridgehead atoms. The summed E-state index contributed by atoms with van der Waals surface area (Å²) in [5.74, 6) is 0.793. The highest BCUT2D eigenvalue weighted by atomic mass is 16.6. The van der Waals surface area contributed by atoms with E-state index >= 15 is 0 Å². The Hall–Kier alpha value is -2.01. The molecule has 1 aromatic heterocycles. The van der Waals surface area contributed by atoms with Crippen LogP contribution in [0.15, 0.2) is 34.9 Å². The van der Waals surface area contributed by atoms with Crippen LogP contribution in [0.25, 0.3) is 0 Å². The van der Waals surface area contributed by atoms with Crippen molar-refractivity contribution in [3.05, 3.63) is 41.8 Å². The summed E-state index contributed by atoms with van der Waals surface area (Å²) in [7, 11) is 1.63. The molecular weight excluding hydrogens is 220 g/mol. The summed E-state index contributed by atoms with van der Waals surface area (Å²) in [4.78, 5) is 4.04. The van der Waals surface area contributed by atoms with E-state index in [1.165, 1.54) is 6.26 Å². The van der Waals surface area contributed by atoms with Gasteiger partial charge in [-0.25, -0.2) is 0 Å². The van der Waals surface area contributed by atoms with Crippen LogP contribution < -0.4 is 15.2 Å². The molecule has 0 saturated heterocycles. The highest BCUT2D eigenvalue weighted by Gasteiger charge is 2.04. The lowest BCUT2D eigenvalue weighted by atomic mass is 10.2. The van der Waals surface area contributed by atoms with Crippen LogP contribution in [0.3, 0.4) is 0 Å². The first kappa shape index (κ1) is 11.5. The number of aromatic nitrogens is 1. The zero-order valence-corrected chi connectivity index (χ0v) is 9.55. The van der Waals surface area contributed by atoms with Crippen molar-refractivity contribution < 1.29 is 13.9 Å². The molecule has 2 aromatic rings. The van der Waals surface area contributed by atoms with Gasteiger partial charge < -0.3 is 19.6 Å². The number of ether oxygens (including phenoxy) is 2. The maximum Gasteiger partial charge on any atom is 0.394 e. The molecule has 0 aliphatic carbocycles. The zero-order valence-electron chi connectivity index (χ0n) is 9.55. The van der Waals surface area contributed by atoms with Crippen LogP contribution in [0.4, 0.5) is 0 Å². The summed E-state index contributed by atoms with van der Waals surface area (Å²) < 4.78 is 15.6. The van der Waals surface area contributed by atoms with Crippen molar-refractivity contribution in [1.29, 1.82) is 0 Å². The van der Waals surface area contributed by atoms with Crippen LogP contribution in [-0.2, 0) is 13.2 Å². The fourth-order valence-electron chi connectivity index (χ4n) is 1.36. The van der Waals surface area contributed by atoms with Crippen LogP contribution in [-0.4, -0.2) is 12.1 Å². The van der Waals surface area contributed by atoms with E-state index in [9.17, 15) is 0 Å². The van der Waals surface area contributed by atoms with Gasteiger partial charge in [0.2, 0.25) is 0 Å². The molecule has 0 amide bonds. The van der Waals surface area contributed by atoms with Crippen molar-refractivity contribution in [2.24, 2.45) is 5.73 Å². The number of nitrogens with zero attached hydrogens (tertiary/aromatic N) is 1. The van der Waals surface area contributed by atoms with E-state index < -0.39 is 0 Å². The van der Waals surface area contributed by atoms with Gasteiger partial charge in [-0.05, 0) is 17.7 Å². The maximum atomic E-state index is 5.41. The normalized spacial score (nSPS) is 10.2. The van der Waals surface area contributed by atoms with Crippen LogP contribution in [0.1, 0.15) is 11.3 Å². The fourth-order valence-corrected chi connectivity index (χ4v) is 1.36. The summed E-state index contributed by atoms with van der Waals surface area (Å²) in [6, 6.07) is 7.61. The second kappa shape index (κ2) is 5.36. The van der Waals surface area contributed by atoms with Gasteiger partial charge in [-0.15, -0.1) is 0 Å². The molecule has 1 aromatic carbocycles. The molecular formula is C12H14N2O3. The van der Waals surface area contributed by atoms with Crippen LogP contribution in [0.5, 0.6) is 11.8 Å². The monoisotopic (exact) mass is 234 g/mol. The minimum Gasteiger partial charge on any atom is -0.497 e. The second-order valence-corrected chi connectivity index (χ2v) is 3.45. The summed E-state index contributed by atoms with van der Waals surface area (Å²) in [5.41, 5.74) is 7.07. The average Bonchev–Trinajstić information content (AvgIpc) is 2.84. The molecule has 0 radical (unpaired) electrons. The number of hydrogen-bond acceptors (Lipinski definition) is 5. The Morgan fingerprint density at radius 3 is 3.00 bits per heavy atom. The predicted molar refractivity (Wildman–Crippen MR) is 61.7 cm³/mol. The molecule has 0 aliphatic rings. The van der Waals surface area contributed by atoms with Crippen LogP contribution in [0, 0.1) is 0 Å². The van der Waals surface area contributed by atoms with E-state index in [0.29, 0.717) is 18.8 Å². The minimum atomic E-state index is 0.230. The molecule has 2 rings (SSSR count). The Morgan fingerprint density at radius 1 is 1.41 bits per heavy atom. The molecule has 0 fully saturated rings. The number of rotatable bonds is 5. The molecule has 2 N–H and O–H groups in total. The minimum absolute atomic E-state index is 0.230. The molecule has 0 unspecified atom stereocenters. The highest BCUT2D eigenvalue weighted by Crippen LogP contribution is 2.15. The fraction of sp³-hybridized carbons (Fsp3) is 0.250. The third-order valence-corrected chi connectivity index (χ3v) is 2.24. The zero-order chi connectivity index (χ0) is 12.1. The predicted octanol–water partition coefficient (Wildman–Crippen LogP) is 1.72. The van der Waals surface area contributed by atoms with Crippen molar-refractivity contribution in [2.45, 2.75) is 13.2 Å². The SMILES string of the molecule is COc1cccc(COc2nc(CN)co2)c1. The van der Waals surface area contributed by atoms with Gasteiger partial charge in [-0.3, -0.25) is 0 Å². The van der Waals surface area contributed by atoms with Gasteiger partial charge in [0, 0.05) is 6.54 Å². The summed E-state index contributed by atoms with van der Waals surface area (Å²) in [5, 5.41) is 0. The molecule has 0 spiro atoms. The number of benzene rings is 1. The lowest BCUT2D eigenvalue weighted by Gasteiger charge is -2.04. The molecule has 1 heterocycles. The first-order valence-corrected chi connectivity index (χ1v) is 5.22. The summed E-state index contributed by atoms with van der Waals surface area (Å²) in [6.07, 6.45) is 1.72. The van der Waals surface area contributed by atoms with Crippen molar-refractivity contribution >= 4 is 0 Å². The third kappa shape index (κ3) is 2.98. The summed E-state index contributed by atoms with van der Waals surface area (Å²) >= 11 is 0. The first-order valence-electron chi connectivity index (χ1n) is 5.22. The number of hydrogen-bond donors (Lipinski definition) is 1. The molecule has 90 valence electrons. The Kier molecular flexibility index (Phi) is 3.62. The summed E-state index contributed by atoms with van der Waals surface area (Å²) in [6.45, 7) is 0.716. The van der Waals surface area contributed by atoms with E-state index in [4.69, 9.17) is 19.6 Å². The lowest BCUT2D eigenvalue weighted by Crippen LogP contribution is -1.98. The number of methoxy groups -OCH3 is 1. The Morgan fingerprint density at radius 2 is 2.29 bits per heavy atom. The van der Waals surface area contributed by atoms with Gasteiger partial charge in [0.05, 0.1) is 12.8 Å². The van der Waals surface area contributed by atoms with E-state index in [1.807, 2.05) is 24.3 Å². The largest absolute Gasteiger partial charge is 0.497 e. The van der Waals surface area contributed by atoms with Gasteiger partial charge in [-0.2, -0.15) is 4.98 Å².